The fourth-order valence-electron chi connectivity index (χ4n) is 4.33. The number of fused-ring (bicyclic) bond motifs is 1. The quantitative estimate of drug-likeness (QED) is 0.504. The number of aryl methyl sites for hydroxylation is 1. The zero-order valence-electron chi connectivity index (χ0n) is 17.6. The van der Waals surface area contributed by atoms with Crippen LogP contribution in [0.4, 0.5) is 11.8 Å². The SMILES string of the molecule is Cc1nc(NCC2CC2)nc(NC2CCC(C(C)O)C2)c1-c1nc2ccccc2s1. The van der Waals surface area contributed by atoms with Gasteiger partial charge in [0.25, 0.3) is 0 Å². The molecule has 3 N–H and O–H groups in total. The van der Waals surface area contributed by atoms with Gasteiger partial charge in [-0.1, -0.05) is 12.1 Å². The molecule has 2 aliphatic carbocycles. The van der Waals surface area contributed by atoms with Crippen LogP contribution in [0.1, 0.15) is 44.7 Å². The van der Waals surface area contributed by atoms with Crippen molar-refractivity contribution in [2.75, 3.05) is 17.2 Å². The van der Waals surface area contributed by atoms with Crippen molar-refractivity contribution in [3.05, 3.63) is 30.0 Å². The molecule has 30 heavy (non-hydrogen) atoms. The molecule has 0 spiro atoms. The highest BCUT2D eigenvalue weighted by atomic mass is 32.1. The Kier molecular flexibility index (Phi) is 5.33. The number of nitrogens with zero attached hydrogens (tertiary/aromatic N) is 3. The summed E-state index contributed by atoms with van der Waals surface area (Å²) in [4.78, 5) is 14.5. The second kappa shape index (κ2) is 8.12. The Morgan fingerprint density at radius 2 is 1.97 bits per heavy atom. The van der Waals surface area contributed by atoms with Crippen LogP contribution < -0.4 is 10.6 Å². The second-order valence-electron chi connectivity index (χ2n) is 8.82. The van der Waals surface area contributed by atoms with Crippen molar-refractivity contribution in [3.63, 3.8) is 0 Å². The predicted molar refractivity (Wildman–Crippen MR) is 123 cm³/mol. The Morgan fingerprint density at radius 3 is 2.70 bits per heavy atom. The molecular formula is C23H29N5OS. The van der Waals surface area contributed by atoms with Crippen LogP contribution >= 0.6 is 11.3 Å². The summed E-state index contributed by atoms with van der Waals surface area (Å²) in [6.45, 7) is 4.88. The maximum Gasteiger partial charge on any atom is 0.224 e. The number of hydrogen-bond donors (Lipinski definition) is 3. The van der Waals surface area contributed by atoms with E-state index in [2.05, 4.69) is 16.7 Å². The highest BCUT2D eigenvalue weighted by Crippen LogP contribution is 2.38. The summed E-state index contributed by atoms with van der Waals surface area (Å²) in [6, 6.07) is 8.54. The van der Waals surface area contributed by atoms with Crippen LogP contribution in [0.3, 0.4) is 0 Å². The monoisotopic (exact) mass is 423 g/mol. The molecule has 2 saturated carbocycles. The van der Waals surface area contributed by atoms with Crippen LogP contribution in [0, 0.1) is 18.8 Å². The molecule has 2 heterocycles. The van der Waals surface area contributed by atoms with Gasteiger partial charge < -0.3 is 15.7 Å². The van der Waals surface area contributed by atoms with E-state index in [9.17, 15) is 5.11 Å². The molecular weight excluding hydrogens is 394 g/mol. The molecule has 7 heteroatoms. The molecule has 3 aromatic rings. The van der Waals surface area contributed by atoms with Crippen molar-refractivity contribution < 1.29 is 5.11 Å². The van der Waals surface area contributed by atoms with Gasteiger partial charge >= 0.3 is 0 Å². The van der Waals surface area contributed by atoms with E-state index in [0.29, 0.717) is 17.9 Å². The fourth-order valence-corrected chi connectivity index (χ4v) is 5.39. The molecule has 0 saturated heterocycles. The third-order valence-corrected chi connectivity index (χ3v) is 7.39. The van der Waals surface area contributed by atoms with Crippen molar-refractivity contribution in [2.45, 2.75) is 58.1 Å². The first-order valence-corrected chi connectivity index (χ1v) is 11.8. The highest BCUT2D eigenvalue weighted by molar-refractivity contribution is 7.21. The van der Waals surface area contributed by atoms with E-state index < -0.39 is 0 Å². The summed E-state index contributed by atoms with van der Waals surface area (Å²) >= 11 is 1.68. The zero-order chi connectivity index (χ0) is 20.7. The van der Waals surface area contributed by atoms with Crippen molar-refractivity contribution in [2.24, 2.45) is 11.8 Å². The number of hydrogen-bond acceptors (Lipinski definition) is 7. The van der Waals surface area contributed by atoms with Crippen LogP contribution in [-0.4, -0.2) is 38.7 Å². The normalized spacial score (nSPS) is 22.4. The van der Waals surface area contributed by atoms with Crippen LogP contribution in [-0.2, 0) is 0 Å². The standard InChI is InChI=1S/C23H29N5OS/c1-13-20(22-27-18-5-3-4-6-19(18)30-22)21(26-17-10-9-16(11-17)14(2)29)28-23(25-13)24-12-15-7-8-15/h3-6,14-17,29H,7-12H2,1-2H3,(H2,24,25,26,28). The third kappa shape index (κ3) is 4.14. The second-order valence-corrected chi connectivity index (χ2v) is 9.85. The van der Waals surface area contributed by atoms with Gasteiger partial charge in [0.1, 0.15) is 10.8 Å². The molecule has 6 nitrogen and oxygen atoms in total. The fraction of sp³-hybridized carbons (Fsp3) is 0.522. The molecule has 0 bridgehead atoms. The Morgan fingerprint density at radius 1 is 1.13 bits per heavy atom. The van der Waals surface area contributed by atoms with E-state index in [4.69, 9.17) is 15.0 Å². The van der Waals surface area contributed by atoms with E-state index in [1.165, 1.54) is 17.5 Å². The summed E-state index contributed by atoms with van der Waals surface area (Å²) in [5.74, 6) is 2.66. The lowest BCUT2D eigenvalue weighted by molar-refractivity contribution is 0.128. The minimum absolute atomic E-state index is 0.261. The van der Waals surface area contributed by atoms with Crippen molar-refractivity contribution >= 4 is 33.3 Å². The van der Waals surface area contributed by atoms with E-state index in [-0.39, 0.29) is 6.10 Å². The van der Waals surface area contributed by atoms with Gasteiger partial charge in [-0.2, -0.15) is 4.98 Å². The molecule has 2 fully saturated rings. The summed E-state index contributed by atoms with van der Waals surface area (Å²) < 4.78 is 1.17. The minimum atomic E-state index is -0.261. The van der Waals surface area contributed by atoms with Crippen LogP contribution in [0.25, 0.3) is 20.8 Å². The lowest BCUT2D eigenvalue weighted by Crippen LogP contribution is -2.21. The number of para-hydroxylation sites is 1. The van der Waals surface area contributed by atoms with E-state index in [1.54, 1.807) is 11.3 Å². The van der Waals surface area contributed by atoms with Gasteiger partial charge in [-0.15, -0.1) is 11.3 Å². The summed E-state index contributed by atoms with van der Waals surface area (Å²) in [7, 11) is 0. The summed E-state index contributed by atoms with van der Waals surface area (Å²) in [5.41, 5.74) is 2.94. The van der Waals surface area contributed by atoms with E-state index in [1.807, 2.05) is 32.0 Å². The Balaban J connectivity index is 1.49. The zero-order valence-corrected chi connectivity index (χ0v) is 18.4. The largest absolute Gasteiger partial charge is 0.393 e. The highest BCUT2D eigenvalue weighted by Gasteiger charge is 2.29. The average molecular weight is 424 g/mol. The van der Waals surface area contributed by atoms with Gasteiger partial charge in [-0.25, -0.2) is 9.97 Å². The molecule has 1 aromatic carbocycles. The van der Waals surface area contributed by atoms with Gasteiger partial charge in [0.05, 0.1) is 27.6 Å². The number of thiazole rings is 1. The molecule has 0 amide bonds. The van der Waals surface area contributed by atoms with Crippen molar-refractivity contribution in [1.29, 1.82) is 0 Å². The Bertz CT molecular complexity index is 1010. The van der Waals surface area contributed by atoms with Crippen LogP contribution in [0.5, 0.6) is 0 Å². The molecule has 5 rings (SSSR count). The molecule has 158 valence electrons. The molecule has 0 aliphatic heterocycles. The molecule has 2 aliphatic rings. The van der Waals surface area contributed by atoms with E-state index in [0.717, 1.165) is 59.3 Å². The van der Waals surface area contributed by atoms with E-state index >= 15 is 0 Å². The van der Waals surface area contributed by atoms with Crippen molar-refractivity contribution in [1.82, 2.24) is 15.0 Å². The van der Waals surface area contributed by atoms with Crippen LogP contribution in [0.15, 0.2) is 24.3 Å². The number of aliphatic hydroxyl groups is 1. The summed E-state index contributed by atoms with van der Waals surface area (Å²) in [5, 5.41) is 18.1. The van der Waals surface area contributed by atoms with Gasteiger partial charge in [0, 0.05) is 12.6 Å². The lowest BCUT2D eigenvalue weighted by atomic mass is 10.0. The van der Waals surface area contributed by atoms with Gasteiger partial charge in [0.2, 0.25) is 5.95 Å². The molecule has 3 atom stereocenters. The molecule has 2 aromatic heterocycles. The molecule has 0 radical (unpaired) electrons. The number of anilines is 2. The first kappa shape index (κ1) is 19.7. The number of aliphatic hydroxyl groups excluding tert-OH is 1. The molecule has 3 unspecified atom stereocenters. The van der Waals surface area contributed by atoms with Gasteiger partial charge in [-0.3, -0.25) is 0 Å². The van der Waals surface area contributed by atoms with Crippen molar-refractivity contribution in [3.8, 4) is 10.6 Å². The number of aromatic nitrogens is 3. The Labute approximate surface area is 181 Å². The smallest absolute Gasteiger partial charge is 0.224 e. The summed E-state index contributed by atoms with van der Waals surface area (Å²) in [6.07, 6.45) is 5.38. The lowest BCUT2D eigenvalue weighted by Gasteiger charge is -2.19. The minimum Gasteiger partial charge on any atom is -0.393 e. The predicted octanol–water partition coefficient (Wildman–Crippen LogP) is 4.85. The maximum absolute atomic E-state index is 9.99. The third-order valence-electron chi connectivity index (χ3n) is 6.34. The van der Waals surface area contributed by atoms with Gasteiger partial charge in [-0.05, 0) is 69.9 Å². The first-order valence-electron chi connectivity index (χ1n) is 11.0. The number of benzene rings is 1. The van der Waals surface area contributed by atoms with Gasteiger partial charge in [0.15, 0.2) is 0 Å². The number of rotatable bonds is 7. The average Bonchev–Trinajstić information content (AvgIpc) is 3.26. The Hall–Kier alpha value is -2.25. The van der Waals surface area contributed by atoms with Crippen LogP contribution in [0.2, 0.25) is 0 Å². The number of nitrogens with one attached hydrogen (secondary N) is 2. The first-order chi connectivity index (χ1) is 14.6. The maximum atomic E-state index is 9.99. The topological polar surface area (TPSA) is 83.0 Å².